The van der Waals surface area contributed by atoms with Gasteiger partial charge >= 0.3 is 0 Å². The molecule has 19 heavy (non-hydrogen) atoms. The second-order valence-corrected chi connectivity index (χ2v) is 5.54. The first-order valence-electron chi connectivity index (χ1n) is 7.36. The predicted octanol–water partition coefficient (Wildman–Crippen LogP) is 2.19. The lowest BCUT2D eigenvalue weighted by Gasteiger charge is -2.27. The van der Waals surface area contributed by atoms with Gasteiger partial charge in [0.1, 0.15) is 0 Å². The van der Waals surface area contributed by atoms with E-state index in [-0.39, 0.29) is 0 Å². The minimum atomic E-state index is 0.426. The molecule has 1 aromatic rings. The molecule has 106 valence electrons. The van der Waals surface area contributed by atoms with Gasteiger partial charge in [0.15, 0.2) is 0 Å². The van der Waals surface area contributed by atoms with E-state index in [1.54, 1.807) is 0 Å². The predicted molar refractivity (Wildman–Crippen MR) is 79.1 cm³/mol. The lowest BCUT2D eigenvalue weighted by atomic mass is 10.1. The maximum atomic E-state index is 5.78. The molecule has 0 radical (unpaired) electrons. The topological polar surface area (TPSA) is 38.5 Å². The van der Waals surface area contributed by atoms with E-state index in [1.807, 2.05) is 0 Å². The second kappa shape index (κ2) is 7.63. The van der Waals surface area contributed by atoms with Gasteiger partial charge in [-0.2, -0.15) is 0 Å². The van der Waals surface area contributed by atoms with Crippen molar-refractivity contribution in [2.45, 2.75) is 38.3 Å². The number of hydrogen-bond donors (Lipinski definition) is 1. The SMILES string of the molecule is CN(Cc1ccc(CCN)cc1)CC1CCCCO1. The zero-order valence-corrected chi connectivity index (χ0v) is 12.0. The Labute approximate surface area is 116 Å². The molecule has 0 bridgehead atoms. The summed E-state index contributed by atoms with van der Waals surface area (Å²) in [4.78, 5) is 2.36. The summed E-state index contributed by atoms with van der Waals surface area (Å²) in [6.07, 6.45) is 5.14. The Morgan fingerprint density at radius 1 is 1.21 bits per heavy atom. The minimum absolute atomic E-state index is 0.426. The van der Waals surface area contributed by atoms with Crippen LogP contribution in [0.5, 0.6) is 0 Å². The Kier molecular flexibility index (Phi) is 5.83. The van der Waals surface area contributed by atoms with Crippen LogP contribution < -0.4 is 5.73 Å². The molecule has 0 aromatic heterocycles. The molecule has 3 nitrogen and oxygen atoms in total. The fourth-order valence-corrected chi connectivity index (χ4v) is 2.65. The van der Waals surface area contributed by atoms with Crippen LogP contribution >= 0.6 is 0 Å². The molecule has 0 aliphatic carbocycles. The van der Waals surface area contributed by atoms with Gasteiger partial charge in [0.2, 0.25) is 0 Å². The Hall–Kier alpha value is -0.900. The molecule has 1 saturated heterocycles. The van der Waals surface area contributed by atoms with E-state index in [4.69, 9.17) is 10.5 Å². The number of benzene rings is 1. The highest BCUT2D eigenvalue weighted by Crippen LogP contribution is 2.14. The highest BCUT2D eigenvalue weighted by molar-refractivity contribution is 5.22. The van der Waals surface area contributed by atoms with Crippen molar-refractivity contribution in [3.05, 3.63) is 35.4 Å². The van der Waals surface area contributed by atoms with Crippen LogP contribution in [-0.2, 0) is 17.7 Å². The van der Waals surface area contributed by atoms with Gasteiger partial charge in [-0.05, 0) is 50.4 Å². The molecule has 1 aromatic carbocycles. The number of nitrogens with zero attached hydrogens (tertiary/aromatic N) is 1. The molecular weight excluding hydrogens is 236 g/mol. The van der Waals surface area contributed by atoms with Crippen LogP contribution in [0.3, 0.4) is 0 Å². The van der Waals surface area contributed by atoms with Gasteiger partial charge < -0.3 is 10.5 Å². The Balaban J connectivity index is 1.78. The average molecular weight is 262 g/mol. The summed E-state index contributed by atoms with van der Waals surface area (Å²) < 4.78 is 5.78. The van der Waals surface area contributed by atoms with Crippen molar-refractivity contribution >= 4 is 0 Å². The van der Waals surface area contributed by atoms with Crippen molar-refractivity contribution in [3.63, 3.8) is 0 Å². The van der Waals surface area contributed by atoms with Crippen LogP contribution in [0.25, 0.3) is 0 Å². The summed E-state index contributed by atoms with van der Waals surface area (Å²) in [5.41, 5.74) is 8.25. The first-order valence-corrected chi connectivity index (χ1v) is 7.36. The molecule has 1 atom stereocenters. The summed E-state index contributed by atoms with van der Waals surface area (Å²) in [5.74, 6) is 0. The third-order valence-corrected chi connectivity index (χ3v) is 3.70. The highest BCUT2D eigenvalue weighted by atomic mass is 16.5. The van der Waals surface area contributed by atoms with Crippen molar-refractivity contribution in [1.82, 2.24) is 4.90 Å². The molecule has 0 spiro atoms. The zero-order valence-electron chi connectivity index (χ0n) is 12.0. The van der Waals surface area contributed by atoms with Gasteiger partial charge in [-0.25, -0.2) is 0 Å². The van der Waals surface area contributed by atoms with Gasteiger partial charge in [-0.1, -0.05) is 24.3 Å². The first kappa shape index (κ1) is 14.5. The second-order valence-electron chi connectivity index (χ2n) is 5.54. The van der Waals surface area contributed by atoms with Crippen LogP contribution in [0.15, 0.2) is 24.3 Å². The maximum absolute atomic E-state index is 5.78. The number of rotatable bonds is 6. The van der Waals surface area contributed by atoms with Gasteiger partial charge in [0.05, 0.1) is 6.10 Å². The largest absolute Gasteiger partial charge is 0.377 e. The van der Waals surface area contributed by atoms with Gasteiger partial charge in [0.25, 0.3) is 0 Å². The standard InChI is InChI=1S/C16H26N2O/c1-18(13-16-4-2-3-11-19-16)12-15-7-5-14(6-8-15)9-10-17/h5-8,16H,2-4,9-13,17H2,1H3. The molecule has 1 heterocycles. The molecule has 1 fully saturated rings. The Morgan fingerprint density at radius 3 is 2.58 bits per heavy atom. The lowest BCUT2D eigenvalue weighted by Crippen LogP contribution is -2.33. The van der Waals surface area contributed by atoms with Crippen molar-refractivity contribution < 1.29 is 4.74 Å². The molecular formula is C16H26N2O. The zero-order chi connectivity index (χ0) is 13.5. The first-order chi connectivity index (χ1) is 9.28. The fraction of sp³-hybridized carbons (Fsp3) is 0.625. The van der Waals surface area contributed by atoms with E-state index in [9.17, 15) is 0 Å². The minimum Gasteiger partial charge on any atom is -0.377 e. The molecule has 2 rings (SSSR count). The third kappa shape index (κ3) is 4.94. The van der Waals surface area contributed by atoms with E-state index in [0.29, 0.717) is 6.10 Å². The van der Waals surface area contributed by atoms with Crippen LogP contribution in [0.4, 0.5) is 0 Å². The van der Waals surface area contributed by atoms with Crippen molar-refractivity contribution in [2.24, 2.45) is 5.73 Å². The molecule has 2 N–H and O–H groups in total. The number of ether oxygens (including phenoxy) is 1. The summed E-state index contributed by atoms with van der Waals surface area (Å²) in [5, 5.41) is 0. The summed E-state index contributed by atoms with van der Waals surface area (Å²) in [6.45, 7) is 3.68. The molecule has 1 aliphatic rings. The normalized spacial score (nSPS) is 19.8. The van der Waals surface area contributed by atoms with Crippen LogP contribution in [-0.4, -0.2) is 37.7 Å². The number of likely N-dealkylation sites (N-methyl/N-ethyl adjacent to an activating group) is 1. The summed E-state index contributed by atoms with van der Waals surface area (Å²) in [6, 6.07) is 8.80. The van der Waals surface area contributed by atoms with Crippen molar-refractivity contribution in [1.29, 1.82) is 0 Å². The maximum Gasteiger partial charge on any atom is 0.0702 e. The van der Waals surface area contributed by atoms with Crippen LogP contribution in [0.1, 0.15) is 30.4 Å². The summed E-state index contributed by atoms with van der Waals surface area (Å²) >= 11 is 0. The smallest absolute Gasteiger partial charge is 0.0702 e. The Morgan fingerprint density at radius 2 is 1.95 bits per heavy atom. The van der Waals surface area contributed by atoms with E-state index < -0.39 is 0 Å². The molecule has 0 saturated carbocycles. The van der Waals surface area contributed by atoms with E-state index >= 15 is 0 Å². The highest BCUT2D eigenvalue weighted by Gasteiger charge is 2.15. The van der Waals surface area contributed by atoms with Crippen molar-refractivity contribution in [3.8, 4) is 0 Å². The molecule has 0 amide bonds. The van der Waals surface area contributed by atoms with Gasteiger partial charge in [-0.3, -0.25) is 4.90 Å². The molecule has 1 aliphatic heterocycles. The summed E-state index contributed by atoms with van der Waals surface area (Å²) in [7, 11) is 2.17. The van der Waals surface area contributed by atoms with E-state index in [0.717, 1.165) is 32.7 Å². The van der Waals surface area contributed by atoms with Gasteiger partial charge in [-0.15, -0.1) is 0 Å². The lowest BCUT2D eigenvalue weighted by molar-refractivity contribution is -0.00259. The van der Waals surface area contributed by atoms with Crippen molar-refractivity contribution in [2.75, 3.05) is 26.7 Å². The monoisotopic (exact) mass is 262 g/mol. The van der Waals surface area contributed by atoms with E-state index in [1.165, 1.54) is 30.4 Å². The number of hydrogen-bond acceptors (Lipinski definition) is 3. The van der Waals surface area contributed by atoms with E-state index in [2.05, 4.69) is 36.2 Å². The Bertz CT molecular complexity index is 358. The van der Waals surface area contributed by atoms with Crippen LogP contribution in [0.2, 0.25) is 0 Å². The fourth-order valence-electron chi connectivity index (χ4n) is 2.65. The number of nitrogens with two attached hydrogens (primary N) is 1. The third-order valence-electron chi connectivity index (χ3n) is 3.70. The van der Waals surface area contributed by atoms with Crippen LogP contribution in [0, 0.1) is 0 Å². The molecule has 3 heteroatoms. The quantitative estimate of drug-likeness (QED) is 0.854. The van der Waals surface area contributed by atoms with Gasteiger partial charge in [0, 0.05) is 19.7 Å². The molecule has 1 unspecified atom stereocenters. The average Bonchev–Trinajstić information content (AvgIpc) is 2.42.